The maximum absolute atomic E-state index is 2.24. The van der Waals surface area contributed by atoms with Crippen LogP contribution in [0.25, 0.3) is 0 Å². The molecule has 0 unspecified atom stereocenters. The number of rotatable bonds is 0. The van der Waals surface area contributed by atoms with Crippen molar-refractivity contribution in [2.24, 2.45) is 0 Å². The van der Waals surface area contributed by atoms with Gasteiger partial charge in [-0.05, 0) is 23.3 Å². The summed E-state index contributed by atoms with van der Waals surface area (Å²) in [4.78, 5) is 0. The van der Waals surface area contributed by atoms with Crippen molar-refractivity contribution in [3.63, 3.8) is 0 Å². The van der Waals surface area contributed by atoms with Crippen molar-refractivity contribution in [1.82, 2.24) is 0 Å². The second-order valence-corrected chi connectivity index (χ2v) is 5.53. The molecule has 0 fully saturated rings. The predicted octanol–water partition coefficient (Wildman–Crippen LogP) is 2.43. The molecule has 0 amide bonds. The molecule has 0 aromatic rings. The minimum atomic E-state index is 1.51. The fraction of sp³-hybridized carbons (Fsp3) is 0. The van der Waals surface area contributed by atoms with Gasteiger partial charge in [-0.15, -0.1) is 0 Å². The van der Waals surface area contributed by atoms with Crippen LogP contribution < -0.4 is 0 Å². The van der Waals surface area contributed by atoms with E-state index in [9.17, 15) is 0 Å². The molecule has 0 N–H and O–H groups in total. The Labute approximate surface area is 29.7 Å². The van der Waals surface area contributed by atoms with E-state index in [2.05, 4.69) is 5.54 Å². The maximum atomic E-state index is 2.24. The van der Waals surface area contributed by atoms with Gasteiger partial charge in [0.15, 0.2) is 0 Å². The van der Waals surface area contributed by atoms with Gasteiger partial charge in [-0.25, -0.2) is 0 Å². The van der Waals surface area contributed by atoms with Crippen LogP contribution in [0.3, 0.4) is 0 Å². The molecule has 0 nitrogen and oxygen atoms in total. The van der Waals surface area contributed by atoms with Gasteiger partial charge in [0.25, 0.3) is 0 Å². The van der Waals surface area contributed by atoms with Crippen molar-refractivity contribution in [3.05, 3.63) is 0 Å². The van der Waals surface area contributed by atoms with Gasteiger partial charge >= 0.3 is 0 Å². The summed E-state index contributed by atoms with van der Waals surface area (Å²) < 4.78 is 0. The smallest absolute Gasteiger partial charge is 0.00256 e. The first-order chi connectivity index (χ1) is 2.00. The van der Waals surface area contributed by atoms with Crippen LogP contribution in [0, 0.1) is 0 Å². The van der Waals surface area contributed by atoms with Crippen LogP contribution in [0.5, 0.6) is 0 Å². The van der Waals surface area contributed by atoms with Crippen LogP contribution in [0.4, 0.5) is 0 Å². The van der Waals surface area contributed by atoms with Gasteiger partial charge in [0.05, 0.1) is 0 Å². The molecule has 1 aliphatic rings. The first-order valence-corrected chi connectivity index (χ1v) is 5.15. The van der Waals surface area contributed by atoms with Crippen LogP contribution in [-0.4, -0.2) is 5.54 Å². The number of hydrogen-bond donors (Lipinski definition) is 0. The fourth-order valence-corrected chi connectivity index (χ4v) is 1.39. The average Bonchev–Trinajstić information content (AvgIpc) is 0.722. The van der Waals surface area contributed by atoms with Crippen molar-refractivity contribution in [2.75, 3.05) is 0 Å². The van der Waals surface area contributed by atoms with E-state index in [1.807, 2.05) is 0 Å². The lowest BCUT2D eigenvalue weighted by Crippen LogP contribution is -1.28. The summed E-state index contributed by atoms with van der Waals surface area (Å²) in [6.07, 6.45) is 0. The van der Waals surface area contributed by atoms with Gasteiger partial charge < -0.3 is 0 Å². The fourth-order valence-electron chi connectivity index (χ4n) is 0.0516. The molecule has 0 aromatic carbocycles. The molecular formula is CHP3. The molecule has 0 saturated carbocycles. The SMILES string of the molecule is C1=PP=P1. The van der Waals surface area contributed by atoms with Crippen molar-refractivity contribution in [3.8, 4) is 0 Å². The lowest BCUT2D eigenvalue weighted by molar-refractivity contribution is 4.30. The summed E-state index contributed by atoms with van der Waals surface area (Å²) in [5.74, 6) is 0. The van der Waals surface area contributed by atoms with Crippen LogP contribution in [0.2, 0.25) is 0 Å². The third kappa shape index (κ3) is 0.381. The minimum Gasteiger partial charge on any atom is -0.0330 e. The highest BCUT2D eigenvalue weighted by atomic mass is 32.2. The van der Waals surface area contributed by atoms with E-state index >= 15 is 0 Å². The Balaban J connectivity index is 2.67. The molecule has 0 aromatic heterocycles. The average molecular weight is 106 g/mol. The first-order valence-electron chi connectivity index (χ1n) is 0.916. The predicted molar refractivity (Wildman–Crippen MR) is 26.8 cm³/mol. The molecule has 1 aliphatic heterocycles. The highest BCUT2D eigenvalue weighted by molar-refractivity contribution is 8.37. The normalized spacial score (nSPS) is 28.0. The molecular weight excluding hydrogens is 105 g/mol. The Kier molecular flexibility index (Phi) is 0.947. The third-order valence-electron chi connectivity index (χ3n) is 0.207. The van der Waals surface area contributed by atoms with Crippen LogP contribution in [-0.2, 0) is 0 Å². The monoisotopic (exact) mass is 106 g/mol. The maximum Gasteiger partial charge on any atom is 0.00256 e. The van der Waals surface area contributed by atoms with Crippen molar-refractivity contribution in [1.29, 1.82) is 0 Å². The zero-order chi connectivity index (χ0) is 2.83. The first kappa shape index (κ1) is 2.98. The largest absolute Gasteiger partial charge is 0.0330 e. The van der Waals surface area contributed by atoms with Crippen molar-refractivity contribution < 1.29 is 0 Å². The summed E-state index contributed by atoms with van der Waals surface area (Å²) in [5, 5.41) is 0. The van der Waals surface area contributed by atoms with E-state index < -0.39 is 0 Å². The van der Waals surface area contributed by atoms with E-state index in [-0.39, 0.29) is 0 Å². The van der Waals surface area contributed by atoms with Crippen molar-refractivity contribution >= 4 is 28.9 Å². The molecule has 0 atom stereocenters. The summed E-state index contributed by atoms with van der Waals surface area (Å²) >= 11 is 0. The summed E-state index contributed by atoms with van der Waals surface area (Å²) in [5.41, 5.74) is 2.24. The molecule has 1 heterocycles. The zero-order valence-corrected chi connectivity index (χ0v) is 4.60. The molecule has 0 aliphatic carbocycles. The second-order valence-electron chi connectivity index (χ2n) is 0.436. The van der Waals surface area contributed by atoms with Gasteiger partial charge in [-0.2, -0.15) is 0 Å². The molecule has 1 rings (SSSR count). The Morgan fingerprint density at radius 3 is 1.75 bits per heavy atom. The third-order valence-corrected chi connectivity index (χ3v) is 5.58. The molecule has 0 spiro atoms. The summed E-state index contributed by atoms with van der Waals surface area (Å²) in [6, 6.07) is 0. The van der Waals surface area contributed by atoms with E-state index in [1.54, 1.807) is 7.56 Å². The van der Waals surface area contributed by atoms with E-state index in [1.165, 1.54) is 15.8 Å². The minimum absolute atomic E-state index is 1.51. The van der Waals surface area contributed by atoms with Gasteiger partial charge in [-0.3, -0.25) is 0 Å². The Bertz CT molecular complexity index is 43.7. The second kappa shape index (κ2) is 1.27. The Morgan fingerprint density at radius 1 is 1.50 bits per heavy atom. The standard InChI is InChI=1S/CHP3/c1-2-4-3-1/h1H. The van der Waals surface area contributed by atoms with Crippen LogP contribution in [0.1, 0.15) is 0 Å². The summed E-state index contributed by atoms with van der Waals surface area (Å²) in [7, 11) is 4.60. The molecule has 3 heteroatoms. The van der Waals surface area contributed by atoms with Crippen molar-refractivity contribution in [2.45, 2.75) is 0 Å². The highest BCUT2D eigenvalue weighted by Crippen LogP contribution is 2.38. The van der Waals surface area contributed by atoms with Gasteiger partial charge in [0.2, 0.25) is 0 Å². The quantitative estimate of drug-likeness (QED) is 0.416. The summed E-state index contributed by atoms with van der Waals surface area (Å²) in [6.45, 7) is 0. The van der Waals surface area contributed by atoms with Crippen LogP contribution >= 0.6 is 23.3 Å². The van der Waals surface area contributed by atoms with Gasteiger partial charge in [0, 0.05) is 5.54 Å². The van der Waals surface area contributed by atoms with Gasteiger partial charge in [0.1, 0.15) is 0 Å². The van der Waals surface area contributed by atoms with Crippen LogP contribution in [0.15, 0.2) is 0 Å². The molecule has 0 saturated heterocycles. The Hall–Kier alpha value is 0.770. The van der Waals surface area contributed by atoms with E-state index in [0.29, 0.717) is 0 Å². The molecule has 4 heavy (non-hydrogen) atoms. The molecule has 20 valence electrons. The Morgan fingerprint density at radius 2 is 1.75 bits per heavy atom. The number of hydrogen-bond acceptors (Lipinski definition) is 0. The van der Waals surface area contributed by atoms with E-state index in [4.69, 9.17) is 0 Å². The molecule has 0 radical (unpaired) electrons. The topological polar surface area (TPSA) is 0 Å². The lowest BCUT2D eigenvalue weighted by atomic mass is 11.9. The lowest BCUT2D eigenvalue weighted by Gasteiger charge is -1.72. The van der Waals surface area contributed by atoms with Gasteiger partial charge in [-0.1, -0.05) is 0 Å². The molecule has 0 bridgehead atoms. The highest BCUT2D eigenvalue weighted by Gasteiger charge is 1.69. The zero-order valence-electron chi connectivity index (χ0n) is 1.92. The van der Waals surface area contributed by atoms with E-state index in [0.717, 1.165) is 0 Å².